The number of carbonyl (C=O) groups excluding carboxylic acids is 1. The van der Waals surface area contributed by atoms with E-state index in [4.69, 9.17) is 0 Å². The number of urea groups is 1. The molecule has 1 aromatic rings. The number of rotatable bonds is 3. The largest absolute Gasteiger partial charge is 0.396 e. The number of amides is 2. The van der Waals surface area contributed by atoms with Crippen molar-refractivity contribution in [2.75, 3.05) is 25.0 Å². The Bertz CT molecular complexity index is 496. The highest BCUT2D eigenvalue weighted by molar-refractivity contribution is 5.88. The summed E-state index contributed by atoms with van der Waals surface area (Å²) in [6.45, 7) is 1.56. The third-order valence-electron chi connectivity index (χ3n) is 4.89. The zero-order chi connectivity index (χ0) is 15.4. The second-order valence-electron chi connectivity index (χ2n) is 6.52. The van der Waals surface area contributed by atoms with E-state index in [-0.39, 0.29) is 18.6 Å². The number of hydrogen-bond acceptors (Lipinski definition) is 3. The van der Waals surface area contributed by atoms with Crippen LogP contribution in [0.15, 0.2) is 12.3 Å². The van der Waals surface area contributed by atoms with E-state index < -0.39 is 0 Å². The van der Waals surface area contributed by atoms with E-state index in [1.165, 1.54) is 19.3 Å². The Morgan fingerprint density at radius 2 is 2.09 bits per heavy atom. The molecule has 1 aliphatic carbocycles. The van der Waals surface area contributed by atoms with Gasteiger partial charge in [-0.1, -0.05) is 19.3 Å². The molecule has 122 valence electrons. The molecule has 0 bridgehead atoms. The Balaban J connectivity index is 1.63. The molecule has 2 amide bonds. The molecule has 1 unspecified atom stereocenters. The summed E-state index contributed by atoms with van der Waals surface area (Å²) in [7, 11) is 0. The number of aliphatic hydroxyl groups excluding tert-OH is 1. The van der Waals surface area contributed by atoms with Crippen LogP contribution in [0.3, 0.4) is 0 Å². The van der Waals surface area contributed by atoms with Crippen molar-refractivity contribution in [3.05, 3.63) is 12.3 Å². The summed E-state index contributed by atoms with van der Waals surface area (Å²) in [6.07, 6.45) is 9.78. The summed E-state index contributed by atoms with van der Waals surface area (Å²) < 4.78 is 1.98. The molecular formula is C16H26N4O2. The third-order valence-corrected chi connectivity index (χ3v) is 4.89. The van der Waals surface area contributed by atoms with Crippen molar-refractivity contribution in [1.29, 1.82) is 0 Å². The molecule has 1 aliphatic heterocycles. The fraction of sp³-hybridized carbons (Fsp3) is 0.750. The molecule has 3 rings (SSSR count). The maximum atomic E-state index is 12.5. The number of nitrogens with one attached hydrogen (secondary N) is 1. The second-order valence-corrected chi connectivity index (χ2v) is 6.52. The molecule has 0 radical (unpaired) electrons. The number of hydrogen-bond donors (Lipinski definition) is 2. The molecule has 2 fully saturated rings. The van der Waals surface area contributed by atoms with E-state index in [1.54, 1.807) is 6.20 Å². The molecule has 0 aromatic carbocycles. The Morgan fingerprint density at radius 3 is 2.86 bits per heavy atom. The molecule has 0 spiro atoms. The molecule has 1 saturated carbocycles. The first kappa shape index (κ1) is 15.3. The molecule has 6 nitrogen and oxygen atoms in total. The number of carbonyl (C=O) groups is 1. The van der Waals surface area contributed by atoms with Gasteiger partial charge in [-0.3, -0.25) is 5.32 Å². The van der Waals surface area contributed by atoms with Gasteiger partial charge in [-0.2, -0.15) is 5.10 Å². The quantitative estimate of drug-likeness (QED) is 0.902. The minimum absolute atomic E-state index is 0.0734. The highest BCUT2D eigenvalue weighted by Crippen LogP contribution is 2.30. The van der Waals surface area contributed by atoms with Crippen LogP contribution in [0.4, 0.5) is 10.6 Å². The van der Waals surface area contributed by atoms with E-state index in [2.05, 4.69) is 10.4 Å². The molecule has 1 atom stereocenters. The van der Waals surface area contributed by atoms with Gasteiger partial charge < -0.3 is 10.0 Å². The summed E-state index contributed by atoms with van der Waals surface area (Å²) in [5, 5.41) is 16.7. The number of anilines is 1. The van der Waals surface area contributed by atoms with Gasteiger partial charge in [0.25, 0.3) is 0 Å². The topological polar surface area (TPSA) is 70.4 Å². The Morgan fingerprint density at radius 1 is 1.27 bits per heavy atom. The van der Waals surface area contributed by atoms with E-state index in [9.17, 15) is 9.90 Å². The maximum absolute atomic E-state index is 12.5. The highest BCUT2D eigenvalue weighted by atomic mass is 16.3. The normalized spacial score (nSPS) is 23.5. The van der Waals surface area contributed by atoms with Gasteiger partial charge in [0.1, 0.15) is 5.82 Å². The lowest BCUT2D eigenvalue weighted by Crippen LogP contribution is -2.43. The van der Waals surface area contributed by atoms with E-state index in [1.807, 2.05) is 15.6 Å². The van der Waals surface area contributed by atoms with E-state index >= 15 is 0 Å². The van der Waals surface area contributed by atoms with Crippen molar-refractivity contribution in [3.63, 3.8) is 0 Å². The summed E-state index contributed by atoms with van der Waals surface area (Å²) in [4.78, 5) is 14.3. The minimum atomic E-state index is -0.0734. The molecule has 2 N–H and O–H groups in total. The van der Waals surface area contributed by atoms with Crippen LogP contribution < -0.4 is 5.32 Å². The zero-order valence-electron chi connectivity index (χ0n) is 13.1. The third kappa shape index (κ3) is 3.43. The van der Waals surface area contributed by atoms with Crippen LogP contribution in [0, 0.1) is 5.92 Å². The summed E-state index contributed by atoms with van der Waals surface area (Å²) in [6, 6.07) is 2.21. The second kappa shape index (κ2) is 7.13. The fourth-order valence-electron chi connectivity index (χ4n) is 3.62. The highest BCUT2D eigenvalue weighted by Gasteiger charge is 2.25. The van der Waals surface area contributed by atoms with Crippen LogP contribution in [0.1, 0.15) is 51.0 Å². The van der Waals surface area contributed by atoms with Crippen LogP contribution in [-0.4, -0.2) is 45.5 Å². The molecule has 1 saturated heterocycles. The van der Waals surface area contributed by atoms with Gasteiger partial charge in [-0.25, -0.2) is 9.48 Å². The first-order chi connectivity index (χ1) is 10.8. The Kier molecular flexibility index (Phi) is 4.97. The zero-order valence-corrected chi connectivity index (χ0v) is 13.1. The Labute approximate surface area is 131 Å². The van der Waals surface area contributed by atoms with Gasteiger partial charge in [0.2, 0.25) is 0 Å². The van der Waals surface area contributed by atoms with Gasteiger partial charge in [-0.15, -0.1) is 0 Å². The van der Waals surface area contributed by atoms with E-state index in [0.29, 0.717) is 12.6 Å². The number of aromatic nitrogens is 2. The Hall–Kier alpha value is -1.56. The average molecular weight is 306 g/mol. The summed E-state index contributed by atoms with van der Waals surface area (Å²) >= 11 is 0. The van der Waals surface area contributed by atoms with Gasteiger partial charge in [0.15, 0.2) is 0 Å². The minimum Gasteiger partial charge on any atom is -0.396 e. The van der Waals surface area contributed by atoms with Crippen molar-refractivity contribution in [2.24, 2.45) is 5.92 Å². The predicted octanol–water partition coefficient (Wildman–Crippen LogP) is 2.62. The molecule has 2 heterocycles. The van der Waals surface area contributed by atoms with Crippen molar-refractivity contribution in [1.82, 2.24) is 14.7 Å². The average Bonchev–Trinajstić information content (AvgIpc) is 3.04. The van der Waals surface area contributed by atoms with Crippen molar-refractivity contribution in [3.8, 4) is 0 Å². The molecule has 22 heavy (non-hydrogen) atoms. The lowest BCUT2D eigenvalue weighted by Gasteiger charge is -2.32. The number of likely N-dealkylation sites (tertiary alicyclic amines) is 1. The van der Waals surface area contributed by atoms with Gasteiger partial charge >= 0.3 is 6.03 Å². The smallest absolute Gasteiger partial charge is 0.323 e. The summed E-state index contributed by atoms with van der Waals surface area (Å²) in [5.41, 5.74) is 0. The van der Waals surface area contributed by atoms with Crippen molar-refractivity contribution >= 4 is 11.8 Å². The number of aliphatic hydroxyl groups is 1. The van der Waals surface area contributed by atoms with Gasteiger partial charge in [0.05, 0.1) is 12.2 Å². The number of piperidine rings is 1. The van der Waals surface area contributed by atoms with Crippen LogP contribution in [-0.2, 0) is 0 Å². The predicted molar refractivity (Wildman–Crippen MR) is 84.8 cm³/mol. The van der Waals surface area contributed by atoms with Crippen LogP contribution in [0.25, 0.3) is 0 Å². The van der Waals surface area contributed by atoms with Crippen LogP contribution in [0.5, 0.6) is 0 Å². The van der Waals surface area contributed by atoms with Gasteiger partial charge in [-0.05, 0) is 31.6 Å². The maximum Gasteiger partial charge on any atom is 0.323 e. The lowest BCUT2D eigenvalue weighted by molar-refractivity contribution is 0.136. The first-order valence-electron chi connectivity index (χ1n) is 8.48. The van der Waals surface area contributed by atoms with Crippen LogP contribution >= 0.6 is 0 Å². The monoisotopic (exact) mass is 306 g/mol. The summed E-state index contributed by atoms with van der Waals surface area (Å²) in [5.74, 6) is 1.01. The molecule has 1 aromatic heterocycles. The first-order valence-corrected chi connectivity index (χ1v) is 8.48. The molecule has 2 aliphatic rings. The number of nitrogens with zero attached hydrogens (tertiary/aromatic N) is 3. The van der Waals surface area contributed by atoms with E-state index in [0.717, 1.165) is 38.0 Å². The fourth-order valence-corrected chi connectivity index (χ4v) is 3.62. The lowest BCUT2D eigenvalue weighted by atomic mass is 9.96. The SMILES string of the molecule is O=C(Nc1ccnn1C1CCCCC1)N1CCCC(CO)C1. The van der Waals surface area contributed by atoms with Crippen molar-refractivity contribution in [2.45, 2.75) is 51.0 Å². The van der Waals surface area contributed by atoms with Crippen molar-refractivity contribution < 1.29 is 9.90 Å². The van der Waals surface area contributed by atoms with Gasteiger partial charge in [0, 0.05) is 25.8 Å². The standard InChI is InChI=1S/C16H26N4O2/c21-12-13-5-4-10-19(11-13)16(22)18-15-8-9-17-20(15)14-6-2-1-3-7-14/h8-9,13-14,21H,1-7,10-12H2,(H,18,22). The molecule has 6 heteroatoms. The molecular weight excluding hydrogens is 280 g/mol. The van der Waals surface area contributed by atoms with Crippen LogP contribution in [0.2, 0.25) is 0 Å².